The number of nitrogens with zero attached hydrogens (tertiary/aromatic N) is 4. The lowest BCUT2D eigenvalue weighted by atomic mass is 9.98. The molecule has 3 rings (SSSR count). The molecule has 0 spiro atoms. The second-order valence-corrected chi connectivity index (χ2v) is 8.63. The fourth-order valence-corrected chi connectivity index (χ4v) is 4.07. The number of aromatic nitrogens is 2. The van der Waals surface area contributed by atoms with Crippen LogP contribution in [0.1, 0.15) is 38.6 Å². The van der Waals surface area contributed by atoms with Crippen LogP contribution >= 0.6 is 11.3 Å². The van der Waals surface area contributed by atoms with E-state index < -0.39 is 4.65 Å². The first-order valence-corrected chi connectivity index (χ1v) is 9.07. The standard InChI is InChI=1S/C15H27N5O2S/c1-15(2,3)13-17-18-14(23-13)20(21)10-19(4)9-12(20)16-8-11-6-5-7-22-11/h11-12,16H,5-10H2,1-4H3. The lowest BCUT2D eigenvalue weighted by molar-refractivity contribution is 0.103. The van der Waals surface area contributed by atoms with Crippen molar-refractivity contribution in [1.82, 2.24) is 25.1 Å². The maximum absolute atomic E-state index is 13.5. The Labute approximate surface area is 141 Å². The van der Waals surface area contributed by atoms with Crippen LogP contribution in [0.5, 0.6) is 0 Å². The number of nitrogens with one attached hydrogen (secondary N) is 1. The van der Waals surface area contributed by atoms with Crippen LogP contribution in [-0.2, 0) is 10.2 Å². The van der Waals surface area contributed by atoms with Crippen LogP contribution in [-0.4, -0.2) is 60.8 Å². The van der Waals surface area contributed by atoms with Crippen LogP contribution in [0, 0.1) is 5.21 Å². The minimum atomic E-state index is -0.461. The van der Waals surface area contributed by atoms with E-state index in [2.05, 4.69) is 41.2 Å². The van der Waals surface area contributed by atoms with Gasteiger partial charge in [0, 0.05) is 18.6 Å². The first kappa shape index (κ1) is 17.2. The summed E-state index contributed by atoms with van der Waals surface area (Å²) < 4.78 is 5.19. The van der Waals surface area contributed by atoms with E-state index in [9.17, 15) is 5.21 Å². The molecule has 0 bridgehead atoms. The van der Waals surface area contributed by atoms with Gasteiger partial charge in [-0.15, -0.1) is 5.10 Å². The van der Waals surface area contributed by atoms with Crippen LogP contribution in [0.25, 0.3) is 0 Å². The van der Waals surface area contributed by atoms with Crippen LogP contribution in [0.2, 0.25) is 0 Å². The van der Waals surface area contributed by atoms with Gasteiger partial charge in [-0.25, -0.2) is 0 Å². The summed E-state index contributed by atoms with van der Waals surface area (Å²) in [7, 11) is 1.98. The Kier molecular flexibility index (Phi) is 4.74. The fourth-order valence-electron chi connectivity index (χ4n) is 3.09. The average molecular weight is 341 g/mol. The zero-order valence-electron chi connectivity index (χ0n) is 14.4. The zero-order valence-corrected chi connectivity index (χ0v) is 15.2. The molecule has 0 saturated carbocycles. The number of hydroxylamine groups is 2. The van der Waals surface area contributed by atoms with Gasteiger partial charge in [-0.3, -0.25) is 14.9 Å². The lowest BCUT2D eigenvalue weighted by Gasteiger charge is -2.40. The molecule has 2 aliphatic heterocycles. The van der Waals surface area contributed by atoms with Crippen molar-refractivity contribution in [2.75, 3.05) is 33.4 Å². The molecule has 3 unspecified atom stereocenters. The molecule has 1 aromatic heterocycles. The maximum atomic E-state index is 13.5. The molecule has 0 aliphatic carbocycles. The minimum Gasteiger partial charge on any atom is -0.623 e. The van der Waals surface area contributed by atoms with Gasteiger partial charge in [0.25, 0.3) is 0 Å². The van der Waals surface area contributed by atoms with Crippen LogP contribution in [0.15, 0.2) is 0 Å². The highest BCUT2D eigenvalue weighted by molar-refractivity contribution is 7.15. The average Bonchev–Trinajstić information content (AvgIpc) is 3.15. The Morgan fingerprint density at radius 3 is 2.83 bits per heavy atom. The fraction of sp³-hybridized carbons (Fsp3) is 0.867. The molecular formula is C15H27N5O2S. The number of hydrogen-bond acceptors (Lipinski definition) is 7. The molecule has 23 heavy (non-hydrogen) atoms. The van der Waals surface area contributed by atoms with Crippen LogP contribution < -0.4 is 9.96 Å². The molecule has 2 aliphatic rings. The zero-order chi connectivity index (χ0) is 16.7. The number of likely N-dealkylation sites (N-methyl/N-ethyl adjacent to an activating group) is 1. The van der Waals surface area contributed by atoms with E-state index in [1.54, 1.807) is 0 Å². The van der Waals surface area contributed by atoms with Crippen molar-refractivity contribution in [2.45, 2.75) is 51.3 Å². The molecule has 3 heterocycles. The predicted molar refractivity (Wildman–Crippen MR) is 92.0 cm³/mol. The smallest absolute Gasteiger partial charge is 0.309 e. The highest BCUT2D eigenvalue weighted by atomic mass is 32.1. The summed E-state index contributed by atoms with van der Waals surface area (Å²) in [5.41, 5.74) is -0.0820. The number of ether oxygens (including phenoxy) is 1. The molecule has 1 N–H and O–H groups in total. The molecule has 1 aromatic rings. The Morgan fingerprint density at radius 1 is 1.43 bits per heavy atom. The summed E-state index contributed by atoms with van der Waals surface area (Å²) in [4.78, 5) is 2.05. The lowest BCUT2D eigenvalue weighted by Crippen LogP contribution is -2.57. The Balaban J connectivity index is 1.74. The highest BCUT2D eigenvalue weighted by Crippen LogP contribution is 2.36. The highest BCUT2D eigenvalue weighted by Gasteiger charge is 2.43. The van der Waals surface area contributed by atoms with Gasteiger partial charge in [0.05, 0.1) is 12.6 Å². The largest absolute Gasteiger partial charge is 0.623 e. The molecule has 0 radical (unpaired) electrons. The van der Waals surface area contributed by atoms with Gasteiger partial charge < -0.3 is 9.94 Å². The van der Waals surface area contributed by atoms with E-state index in [0.717, 1.165) is 31.0 Å². The summed E-state index contributed by atoms with van der Waals surface area (Å²) in [5, 5.41) is 26.9. The summed E-state index contributed by atoms with van der Waals surface area (Å²) in [5.74, 6) is 0. The normalized spacial score (nSPS) is 32.7. The molecule has 2 fully saturated rings. The first-order valence-electron chi connectivity index (χ1n) is 8.26. The SMILES string of the molecule is CN1CC(NCC2CCCO2)[N+]([O-])(c2nnc(C(C)(C)C)s2)C1. The molecule has 3 atom stereocenters. The Bertz CT molecular complexity index is 540. The Morgan fingerprint density at radius 2 is 2.22 bits per heavy atom. The molecular weight excluding hydrogens is 314 g/mol. The summed E-state index contributed by atoms with van der Waals surface area (Å²) >= 11 is 1.44. The summed E-state index contributed by atoms with van der Waals surface area (Å²) in [6, 6.07) is 0. The van der Waals surface area contributed by atoms with Gasteiger partial charge in [0.15, 0.2) is 6.17 Å². The van der Waals surface area contributed by atoms with Crippen LogP contribution in [0.4, 0.5) is 5.13 Å². The quantitative estimate of drug-likeness (QED) is 0.663. The third kappa shape index (κ3) is 3.57. The minimum absolute atomic E-state index is 0.0820. The summed E-state index contributed by atoms with van der Waals surface area (Å²) in [6.07, 6.45) is 2.19. The van der Waals surface area contributed by atoms with Gasteiger partial charge in [-0.2, -0.15) is 0 Å². The van der Waals surface area contributed by atoms with Gasteiger partial charge in [0.1, 0.15) is 11.7 Å². The second-order valence-electron chi connectivity index (χ2n) is 7.67. The van der Waals surface area contributed by atoms with Gasteiger partial charge in [0.2, 0.25) is 0 Å². The van der Waals surface area contributed by atoms with Crippen LogP contribution in [0.3, 0.4) is 0 Å². The van der Waals surface area contributed by atoms with E-state index in [-0.39, 0.29) is 17.7 Å². The van der Waals surface area contributed by atoms with Crippen molar-refractivity contribution in [3.05, 3.63) is 10.2 Å². The van der Waals surface area contributed by atoms with Gasteiger partial charge >= 0.3 is 5.13 Å². The number of hydrogen-bond donors (Lipinski definition) is 1. The van der Waals surface area contributed by atoms with Crippen molar-refractivity contribution in [2.24, 2.45) is 0 Å². The molecule has 7 nitrogen and oxygen atoms in total. The third-order valence-electron chi connectivity index (χ3n) is 4.42. The van der Waals surface area contributed by atoms with E-state index in [0.29, 0.717) is 18.3 Å². The Hall–Kier alpha value is -0.640. The van der Waals surface area contributed by atoms with E-state index in [1.807, 2.05) is 7.05 Å². The van der Waals surface area contributed by atoms with Crippen molar-refractivity contribution >= 4 is 16.5 Å². The molecule has 0 amide bonds. The van der Waals surface area contributed by atoms with Crippen molar-refractivity contribution < 1.29 is 4.74 Å². The van der Waals surface area contributed by atoms with E-state index in [1.165, 1.54) is 11.3 Å². The van der Waals surface area contributed by atoms with Crippen molar-refractivity contribution in [3.8, 4) is 0 Å². The maximum Gasteiger partial charge on any atom is 0.309 e. The molecule has 2 saturated heterocycles. The first-order chi connectivity index (χ1) is 10.8. The predicted octanol–water partition coefficient (Wildman–Crippen LogP) is 1.64. The monoisotopic (exact) mass is 341 g/mol. The van der Waals surface area contributed by atoms with E-state index >= 15 is 0 Å². The number of rotatable bonds is 4. The molecule has 130 valence electrons. The van der Waals surface area contributed by atoms with Gasteiger partial charge in [-0.1, -0.05) is 25.9 Å². The van der Waals surface area contributed by atoms with Crippen molar-refractivity contribution in [1.29, 1.82) is 0 Å². The van der Waals surface area contributed by atoms with E-state index in [4.69, 9.17) is 4.74 Å². The second kappa shape index (κ2) is 6.34. The molecule has 8 heteroatoms. The van der Waals surface area contributed by atoms with Crippen molar-refractivity contribution in [3.63, 3.8) is 0 Å². The summed E-state index contributed by atoms with van der Waals surface area (Å²) in [6.45, 7) is 8.95. The topological polar surface area (TPSA) is 73.3 Å². The van der Waals surface area contributed by atoms with Gasteiger partial charge in [-0.05, 0) is 31.2 Å². The third-order valence-corrected chi connectivity index (χ3v) is 5.89. The number of quaternary nitrogens is 1. The molecule has 0 aromatic carbocycles.